The predicted molar refractivity (Wildman–Crippen MR) is 51.3 cm³/mol. The molecule has 86 valence electrons. The number of nitrogens with one attached hydrogen (secondary N) is 1. The van der Waals surface area contributed by atoms with Gasteiger partial charge in [-0.25, -0.2) is 10.8 Å². The van der Waals surface area contributed by atoms with Crippen LogP contribution in [-0.4, -0.2) is 12.3 Å². The minimum absolute atomic E-state index is 0.0503. The number of rotatable bonds is 1. The number of benzene rings is 1. The van der Waals surface area contributed by atoms with E-state index in [1.807, 2.05) is 0 Å². The zero-order valence-electron chi connectivity index (χ0n) is 7.91. The third-order valence-electron chi connectivity index (χ3n) is 1.78. The Hall–Kier alpha value is -2.09. The number of aliphatic imine (C=N–C) groups is 1. The Balaban J connectivity index is 2.29. The van der Waals surface area contributed by atoms with Crippen LogP contribution >= 0.6 is 0 Å². The van der Waals surface area contributed by atoms with Gasteiger partial charge in [0.2, 0.25) is 5.96 Å². The van der Waals surface area contributed by atoms with Crippen LogP contribution in [0.15, 0.2) is 23.2 Å². The van der Waals surface area contributed by atoms with E-state index >= 15 is 0 Å². The lowest BCUT2D eigenvalue weighted by Gasteiger charge is -2.04. The number of guanidine groups is 1. The van der Waals surface area contributed by atoms with E-state index in [2.05, 4.69) is 19.9 Å². The van der Waals surface area contributed by atoms with Crippen molar-refractivity contribution in [3.05, 3.63) is 18.2 Å². The summed E-state index contributed by atoms with van der Waals surface area (Å²) >= 11 is 0. The van der Waals surface area contributed by atoms with Crippen molar-refractivity contribution in [1.82, 2.24) is 5.43 Å². The molecule has 2 rings (SSSR count). The maximum absolute atomic E-state index is 12.7. The van der Waals surface area contributed by atoms with Gasteiger partial charge < -0.3 is 15.2 Å². The highest BCUT2D eigenvalue weighted by molar-refractivity contribution is 5.80. The van der Waals surface area contributed by atoms with E-state index in [1.54, 1.807) is 0 Å². The number of alkyl halides is 2. The van der Waals surface area contributed by atoms with Crippen molar-refractivity contribution < 1.29 is 18.3 Å². The van der Waals surface area contributed by atoms with E-state index in [1.165, 1.54) is 18.2 Å². The maximum atomic E-state index is 12.7. The van der Waals surface area contributed by atoms with Gasteiger partial charge in [0.05, 0.1) is 5.69 Å². The summed E-state index contributed by atoms with van der Waals surface area (Å²) in [6, 6.07) is 4.01. The van der Waals surface area contributed by atoms with Gasteiger partial charge in [-0.05, 0) is 12.1 Å². The van der Waals surface area contributed by atoms with E-state index < -0.39 is 6.29 Å². The van der Waals surface area contributed by atoms with E-state index in [0.29, 0.717) is 5.69 Å². The van der Waals surface area contributed by atoms with Gasteiger partial charge in [0.1, 0.15) is 0 Å². The number of ether oxygens (including phenoxy) is 2. The van der Waals surface area contributed by atoms with Crippen molar-refractivity contribution in [3.8, 4) is 11.5 Å². The highest BCUT2D eigenvalue weighted by atomic mass is 19.3. The summed E-state index contributed by atoms with van der Waals surface area (Å²) in [6.45, 7) is 0. The third kappa shape index (κ3) is 1.96. The smallest absolute Gasteiger partial charge is 0.395 e. The molecule has 0 amide bonds. The van der Waals surface area contributed by atoms with Crippen LogP contribution in [0.5, 0.6) is 11.5 Å². The van der Waals surface area contributed by atoms with E-state index in [9.17, 15) is 8.78 Å². The average Bonchev–Trinajstić information content (AvgIpc) is 2.51. The molecule has 1 aromatic carbocycles. The Morgan fingerprint density at radius 1 is 1.31 bits per heavy atom. The van der Waals surface area contributed by atoms with Gasteiger partial charge in [0, 0.05) is 6.07 Å². The summed E-state index contributed by atoms with van der Waals surface area (Å²) in [7, 11) is 0. The third-order valence-corrected chi connectivity index (χ3v) is 1.78. The molecule has 0 saturated heterocycles. The first kappa shape index (κ1) is 10.4. The summed E-state index contributed by atoms with van der Waals surface area (Å²) in [4.78, 5) is 3.78. The molecule has 5 N–H and O–H groups in total. The Morgan fingerprint density at radius 3 is 2.69 bits per heavy atom. The summed E-state index contributed by atoms with van der Waals surface area (Å²) in [5.41, 5.74) is 7.72. The first-order chi connectivity index (χ1) is 7.50. The van der Waals surface area contributed by atoms with Crippen LogP contribution in [0.1, 0.15) is 0 Å². The molecule has 0 atom stereocenters. The minimum atomic E-state index is -3.64. The molecule has 0 fully saturated rings. The van der Waals surface area contributed by atoms with Gasteiger partial charge in [0.25, 0.3) is 0 Å². The lowest BCUT2D eigenvalue weighted by molar-refractivity contribution is -0.286. The lowest BCUT2D eigenvalue weighted by Crippen LogP contribution is -2.36. The number of halogens is 2. The quantitative estimate of drug-likeness (QED) is 0.281. The van der Waals surface area contributed by atoms with Crippen molar-refractivity contribution in [3.63, 3.8) is 0 Å². The minimum Gasteiger partial charge on any atom is -0.395 e. The van der Waals surface area contributed by atoms with Crippen LogP contribution in [0.4, 0.5) is 14.5 Å². The van der Waals surface area contributed by atoms with Crippen molar-refractivity contribution in [2.45, 2.75) is 6.29 Å². The first-order valence-electron chi connectivity index (χ1n) is 4.21. The lowest BCUT2D eigenvalue weighted by atomic mass is 10.3. The number of hydrogen-bond donors (Lipinski definition) is 3. The fourth-order valence-electron chi connectivity index (χ4n) is 1.18. The second-order valence-corrected chi connectivity index (χ2v) is 2.94. The molecule has 0 spiro atoms. The summed E-state index contributed by atoms with van der Waals surface area (Å²) in [5.74, 6) is 4.79. The topological polar surface area (TPSA) is 94.9 Å². The molecule has 1 heterocycles. The number of hydrogen-bond acceptors (Lipinski definition) is 4. The zero-order chi connectivity index (χ0) is 11.8. The average molecular weight is 230 g/mol. The van der Waals surface area contributed by atoms with Crippen molar-refractivity contribution in [1.29, 1.82) is 0 Å². The standard InChI is InChI=1S/C8H8F2N4O2/c9-8(10)15-5-2-1-4(3-6(5)16-8)13-7(11)14-12/h1-3H,12H2,(H3,11,13,14). The molecule has 0 unspecified atom stereocenters. The second-order valence-electron chi connectivity index (χ2n) is 2.94. The summed E-state index contributed by atoms with van der Waals surface area (Å²) in [5, 5.41) is 0. The Labute approximate surface area is 88.8 Å². The zero-order valence-corrected chi connectivity index (χ0v) is 7.91. The molecule has 1 aliphatic heterocycles. The fraction of sp³-hybridized carbons (Fsp3) is 0.125. The first-order valence-corrected chi connectivity index (χ1v) is 4.21. The van der Waals surface area contributed by atoms with Gasteiger partial charge in [-0.15, -0.1) is 8.78 Å². The van der Waals surface area contributed by atoms with Crippen molar-refractivity contribution >= 4 is 11.6 Å². The highest BCUT2D eigenvalue weighted by Gasteiger charge is 2.43. The van der Waals surface area contributed by atoms with Gasteiger partial charge >= 0.3 is 6.29 Å². The Kier molecular flexibility index (Phi) is 2.27. The number of fused-ring (bicyclic) bond motifs is 1. The van der Waals surface area contributed by atoms with Crippen molar-refractivity contribution in [2.75, 3.05) is 0 Å². The van der Waals surface area contributed by atoms with Gasteiger partial charge in [-0.3, -0.25) is 5.43 Å². The van der Waals surface area contributed by atoms with Crippen LogP contribution in [0.2, 0.25) is 0 Å². The van der Waals surface area contributed by atoms with Crippen LogP contribution in [0, 0.1) is 0 Å². The van der Waals surface area contributed by atoms with Gasteiger partial charge in [-0.1, -0.05) is 0 Å². The molecule has 0 aliphatic carbocycles. The van der Waals surface area contributed by atoms with Crippen molar-refractivity contribution in [2.24, 2.45) is 16.6 Å². The van der Waals surface area contributed by atoms with E-state index in [4.69, 9.17) is 11.6 Å². The molecule has 0 saturated carbocycles. The Morgan fingerprint density at radius 2 is 2.00 bits per heavy atom. The Bertz CT molecular complexity index is 450. The van der Waals surface area contributed by atoms with Crippen LogP contribution in [-0.2, 0) is 0 Å². The SMILES string of the molecule is NNC(N)=Nc1ccc2c(c1)OC(F)(F)O2. The molecule has 1 aliphatic rings. The summed E-state index contributed by atoms with van der Waals surface area (Å²) in [6.07, 6.45) is -3.64. The number of nitrogens with zero attached hydrogens (tertiary/aromatic N) is 1. The van der Waals surface area contributed by atoms with Gasteiger partial charge in [-0.2, -0.15) is 0 Å². The molecular weight excluding hydrogens is 222 g/mol. The summed E-state index contributed by atoms with van der Waals surface area (Å²) < 4.78 is 33.8. The molecule has 0 aromatic heterocycles. The predicted octanol–water partition coefficient (Wildman–Crippen LogP) is 0.418. The normalized spacial score (nSPS) is 17.3. The van der Waals surface area contributed by atoms with E-state index in [0.717, 1.165) is 0 Å². The largest absolute Gasteiger partial charge is 0.586 e. The van der Waals surface area contributed by atoms with Gasteiger partial charge in [0.15, 0.2) is 11.5 Å². The molecule has 6 nitrogen and oxygen atoms in total. The fourth-order valence-corrected chi connectivity index (χ4v) is 1.18. The molecule has 8 heteroatoms. The monoisotopic (exact) mass is 230 g/mol. The molecular formula is C8H8F2N4O2. The highest BCUT2D eigenvalue weighted by Crippen LogP contribution is 2.42. The molecule has 16 heavy (non-hydrogen) atoms. The van der Waals surface area contributed by atoms with Crippen LogP contribution in [0.3, 0.4) is 0 Å². The van der Waals surface area contributed by atoms with Crippen LogP contribution in [0.25, 0.3) is 0 Å². The molecule has 0 bridgehead atoms. The number of nitrogens with two attached hydrogens (primary N) is 2. The number of hydrazine groups is 1. The van der Waals surface area contributed by atoms with Crippen LogP contribution < -0.4 is 26.5 Å². The molecule has 0 radical (unpaired) electrons. The van der Waals surface area contributed by atoms with E-state index in [-0.39, 0.29) is 17.5 Å². The molecule has 1 aromatic rings. The second kappa shape index (κ2) is 3.49. The maximum Gasteiger partial charge on any atom is 0.586 e.